The summed E-state index contributed by atoms with van der Waals surface area (Å²) in [7, 11) is 0. The molecule has 92 valence electrons. The average Bonchev–Trinajstić information content (AvgIpc) is 2.34. The molecule has 0 bridgehead atoms. The van der Waals surface area contributed by atoms with Crippen molar-refractivity contribution in [2.75, 3.05) is 0 Å². The summed E-state index contributed by atoms with van der Waals surface area (Å²) in [4.78, 5) is 13.0. The van der Waals surface area contributed by atoms with Crippen LogP contribution in [0.15, 0.2) is 58.3 Å². The fraction of sp³-hybridized carbons (Fsp3) is 0.133. The van der Waals surface area contributed by atoms with E-state index in [9.17, 15) is 4.79 Å². The molecule has 0 amide bonds. The zero-order valence-corrected chi connectivity index (χ0v) is 10.9. The van der Waals surface area contributed by atoms with Gasteiger partial charge in [-0.1, -0.05) is 36.0 Å². The fourth-order valence-corrected chi connectivity index (χ4v) is 2.59. The predicted molar refractivity (Wildman–Crippen MR) is 73.1 cm³/mol. The lowest BCUT2D eigenvalue weighted by Crippen LogP contribution is -2.01. The van der Waals surface area contributed by atoms with Gasteiger partial charge in [0.05, 0.1) is 6.42 Å². The minimum absolute atomic E-state index is 0.0784. The number of rotatable bonds is 4. The number of aliphatic carboxylic acids is 1. The van der Waals surface area contributed by atoms with Gasteiger partial charge >= 0.3 is 5.97 Å². The molecule has 0 spiro atoms. The van der Waals surface area contributed by atoms with E-state index in [0.29, 0.717) is 0 Å². The SMILES string of the molecule is Cc1ccc(Sc2ccccc2)cc1CC(=O)O. The molecule has 0 atom stereocenters. The highest BCUT2D eigenvalue weighted by atomic mass is 32.2. The molecular formula is C15H14O2S. The molecule has 0 aromatic heterocycles. The summed E-state index contributed by atoms with van der Waals surface area (Å²) in [6.45, 7) is 1.94. The van der Waals surface area contributed by atoms with E-state index in [1.54, 1.807) is 11.8 Å². The van der Waals surface area contributed by atoms with E-state index in [0.717, 1.165) is 20.9 Å². The van der Waals surface area contributed by atoms with Gasteiger partial charge in [0, 0.05) is 9.79 Å². The Balaban J connectivity index is 2.22. The van der Waals surface area contributed by atoms with Crippen LogP contribution in [0.4, 0.5) is 0 Å². The third-order valence-electron chi connectivity index (χ3n) is 2.64. The zero-order valence-electron chi connectivity index (χ0n) is 10.1. The van der Waals surface area contributed by atoms with Gasteiger partial charge in [0.15, 0.2) is 0 Å². The second-order valence-corrected chi connectivity index (χ2v) is 5.22. The lowest BCUT2D eigenvalue weighted by Gasteiger charge is -2.07. The fourth-order valence-electron chi connectivity index (χ4n) is 1.69. The maximum atomic E-state index is 10.8. The van der Waals surface area contributed by atoms with Crippen LogP contribution < -0.4 is 0 Å². The van der Waals surface area contributed by atoms with Crippen molar-refractivity contribution in [1.82, 2.24) is 0 Å². The number of carboxylic acid groups (broad SMARTS) is 1. The highest BCUT2D eigenvalue weighted by Gasteiger charge is 2.06. The van der Waals surface area contributed by atoms with Crippen LogP contribution in [0.25, 0.3) is 0 Å². The number of aryl methyl sites for hydroxylation is 1. The summed E-state index contributed by atoms with van der Waals surface area (Å²) in [6, 6.07) is 16.0. The third kappa shape index (κ3) is 3.37. The van der Waals surface area contributed by atoms with Crippen molar-refractivity contribution in [3.63, 3.8) is 0 Å². The van der Waals surface area contributed by atoms with Crippen LogP contribution in [0, 0.1) is 6.92 Å². The first kappa shape index (κ1) is 12.7. The second kappa shape index (κ2) is 5.74. The van der Waals surface area contributed by atoms with E-state index in [2.05, 4.69) is 0 Å². The van der Waals surface area contributed by atoms with E-state index >= 15 is 0 Å². The highest BCUT2D eigenvalue weighted by molar-refractivity contribution is 7.99. The normalized spacial score (nSPS) is 10.3. The van der Waals surface area contributed by atoms with Crippen molar-refractivity contribution in [3.05, 3.63) is 59.7 Å². The molecule has 2 aromatic rings. The highest BCUT2D eigenvalue weighted by Crippen LogP contribution is 2.28. The lowest BCUT2D eigenvalue weighted by molar-refractivity contribution is -0.136. The summed E-state index contributed by atoms with van der Waals surface area (Å²) in [5, 5.41) is 8.87. The summed E-state index contributed by atoms with van der Waals surface area (Å²) in [6.07, 6.45) is 0.0784. The maximum Gasteiger partial charge on any atom is 0.307 e. The second-order valence-electron chi connectivity index (χ2n) is 4.07. The summed E-state index contributed by atoms with van der Waals surface area (Å²) >= 11 is 1.64. The van der Waals surface area contributed by atoms with Gasteiger partial charge in [-0.05, 0) is 42.3 Å². The van der Waals surface area contributed by atoms with Crippen molar-refractivity contribution in [1.29, 1.82) is 0 Å². The zero-order chi connectivity index (χ0) is 13.0. The van der Waals surface area contributed by atoms with Crippen LogP contribution in [0.2, 0.25) is 0 Å². The quantitative estimate of drug-likeness (QED) is 0.907. The molecule has 2 rings (SSSR count). The Morgan fingerprint density at radius 2 is 1.83 bits per heavy atom. The van der Waals surface area contributed by atoms with E-state index in [-0.39, 0.29) is 6.42 Å². The number of hydrogen-bond acceptors (Lipinski definition) is 2. The van der Waals surface area contributed by atoms with Crippen molar-refractivity contribution >= 4 is 17.7 Å². The molecule has 0 aliphatic rings. The van der Waals surface area contributed by atoms with Gasteiger partial charge < -0.3 is 5.11 Å². The molecule has 18 heavy (non-hydrogen) atoms. The first-order valence-corrected chi connectivity index (χ1v) is 6.51. The van der Waals surface area contributed by atoms with Crippen LogP contribution in [0.3, 0.4) is 0 Å². The largest absolute Gasteiger partial charge is 0.481 e. The smallest absolute Gasteiger partial charge is 0.307 e. The van der Waals surface area contributed by atoms with Gasteiger partial charge in [0.2, 0.25) is 0 Å². The predicted octanol–water partition coefficient (Wildman–Crippen LogP) is 3.77. The molecule has 0 unspecified atom stereocenters. The number of hydrogen-bond donors (Lipinski definition) is 1. The molecular weight excluding hydrogens is 244 g/mol. The maximum absolute atomic E-state index is 10.8. The molecule has 2 nitrogen and oxygen atoms in total. The first-order valence-electron chi connectivity index (χ1n) is 5.69. The molecule has 0 fully saturated rings. The molecule has 0 radical (unpaired) electrons. The van der Waals surface area contributed by atoms with Gasteiger partial charge in [-0.2, -0.15) is 0 Å². The Hall–Kier alpha value is -1.74. The molecule has 0 saturated heterocycles. The van der Waals surface area contributed by atoms with Crippen LogP contribution in [-0.2, 0) is 11.2 Å². The van der Waals surface area contributed by atoms with Crippen LogP contribution >= 0.6 is 11.8 Å². The van der Waals surface area contributed by atoms with Gasteiger partial charge in [0.25, 0.3) is 0 Å². The Kier molecular flexibility index (Phi) is 4.05. The number of benzene rings is 2. The van der Waals surface area contributed by atoms with E-state index < -0.39 is 5.97 Å². The Bertz CT molecular complexity index is 550. The van der Waals surface area contributed by atoms with E-state index in [1.807, 2.05) is 55.5 Å². The Morgan fingerprint density at radius 3 is 2.50 bits per heavy atom. The van der Waals surface area contributed by atoms with Crippen LogP contribution in [0.5, 0.6) is 0 Å². The van der Waals surface area contributed by atoms with E-state index in [4.69, 9.17) is 5.11 Å². The van der Waals surface area contributed by atoms with Crippen LogP contribution in [0.1, 0.15) is 11.1 Å². The monoisotopic (exact) mass is 258 g/mol. The van der Waals surface area contributed by atoms with Gasteiger partial charge in [0.1, 0.15) is 0 Å². The lowest BCUT2D eigenvalue weighted by atomic mass is 10.1. The molecule has 1 N–H and O–H groups in total. The minimum Gasteiger partial charge on any atom is -0.481 e. The van der Waals surface area contributed by atoms with Crippen molar-refractivity contribution in [2.24, 2.45) is 0 Å². The Labute approximate surface area is 111 Å². The van der Waals surface area contributed by atoms with E-state index in [1.165, 1.54) is 0 Å². The van der Waals surface area contributed by atoms with Crippen molar-refractivity contribution in [2.45, 2.75) is 23.1 Å². The third-order valence-corrected chi connectivity index (χ3v) is 3.64. The van der Waals surface area contributed by atoms with Crippen molar-refractivity contribution in [3.8, 4) is 0 Å². The minimum atomic E-state index is -0.792. The van der Waals surface area contributed by atoms with Crippen molar-refractivity contribution < 1.29 is 9.90 Å². The molecule has 0 saturated carbocycles. The Morgan fingerprint density at radius 1 is 1.11 bits per heavy atom. The molecule has 0 aliphatic heterocycles. The summed E-state index contributed by atoms with van der Waals surface area (Å²) < 4.78 is 0. The average molecular weight is 258 g/mol. The van der Waals surface area contributed by atoms with Crippen LogP contribution in [-0.4, -0.2) is 11.1 Å². The summed E-state index contributed by atoms with van der Waals surface area (Å²) in [5.74, 6) is -0.792. The molecule has 0 aliphatic carbocycles. The first-order chi connectivity index (χ1) is 8.65. The summed E-state index contributed by atoms with van der Waals surface area (Å²) in [5.41, 5.74) is 1.90. The van der Waals surface area contributed by atoms with Gasteiger partial charge in [-0.25, -0.2) is 0 Å². The van der Waals surface area contributed by atoms with Gasteiger partial charge in [-0.15, -0.1) is 0 Å². The van der Waals surface area contributed by atoms with Gasteiger partial charge in [-0.3, -0.25) is 4.79 Å². The standard InChI is InChI=1S/C15H14O2S/c1-11-7-8-14(9-12(11)10-15(16)17)18-13-5-3-2-4-6-13/h2-9H,10H2,1H3,(H,16,17). The molecule has 2 aromatic carbocycles. The number of carboxylic acids is 1. The molecule has 0 heterocycles. The molecule has 3 heteroatoms. The topological polar surface area (TPSA) is 37.3 Å². The number of carbonyl (C=O) groups is 1.